The SMILES string of the molecule is CCC.C[CH]1[CH](N(Cc2cccc(S(C)(C)C)c2O)c2c(F)c(F)c(F)c(F)c2F)[Tl]1[Cl]. The Labute approximate surface area is 199 Å². The van der Waals surface area contributed by atoms with Gasteiger partial charge >= 0.3 is 180 Å². The quantitative estimate of drug-likeness (QED) is 0.157. The Morgan fingerprint density at radius 1 is 0.969 bits per heavy atom. The number of nitrogens with zero attached hydrogens (tertiary/aromatic N) is 1. The van der Waals surface area contributed by atoms with Crippen molar-refractivity contribution in [3.8, 4) is 5.75 Å². The van der Waals surface area contributed by atoms with E-state index in [9.17, 15) is 27.1 Å². The van der Waals surface area contributed by atoms with Crippen LogP contribution in [0.15, 0.2) is 23.1 Å². The molecule has 0 aromatic heterocycles. The van der Waals surface area contributed by atoms with Crippen molar-refractivity contribution in [1.82, 2.24) is 0 Å². The molecule has 1 heterocycles. The number of phenols is 1. The van der Waals surface area contributed by atoms with E-state index < -0.39 is 69.9 Å². The van der Waals surface area contributed by atoms with Crippen molar-refractivity contribution >= 4 is 45.5 Å². The zero-order valence-corrected chi connectivity index (χ0v) is 25.0. The molecule has 2 unspecified atom stereocenters. The van der Waals surface area contributed by atoms with Crippen LogP contribution in [0.2, 0.25) is 3.48 Å². The monoisotopic (exact) mass is 689 g/mol. The predicted octanol–water partition coefficient (Wildman–Crippen LogP) is 7.11. The molecular formula is C22H28ClF5NOSTl. The summed E-state index contributed by atoms with van der Waals surface area (Å²) in [5.74, 6) is -9.96. The molecule has 0 radical (unpaired) electrons. The molecule has 2 aromatic rings. The number of hydrogen-bond acceptors (Lipinski definition) is 2. The summed E-state index contributed by atoms with van der Waals surface area (Å²) in [7, 11) is 5.07. The molecule has 0 spiro atoms. The second kappa shape index (κ2) is 10.7. The number of aromatic hydroxyl groups is 1. The summed E-state index contributed by atoms with van der Waals surface area (Å²) in [5.41, 5.74) is -0.625. The average molecular weight is 689 g/mol. The minimum absolute atomic E-state index is 0.00907. The van der Waals surface area contributed by atoms with Gasteiger partial charge in [-0.15, -0.1) is 0 Å². The molecule has 0 amide bonds. The first-order chi connectivity index (χ1) is 14.8. The number of para-hydroxylation sites is 1. The summed E-state index contributed by atoms with van der Waals surface area (Å²) >= 11 is -2.83. The molecule has 1 N–H and O–H groups in total. The Morgan fingerprint density at radius 2 is 1.41 bits per heavy atom. The van der Waals surface area contributed by atoms with Gasteiger partial charge in [0.2, 0.25) is 0 Å². The van der Waals surface area contributed by atoms with Gasteiger partial charge in [0.25, 0.3) is 0 Å². The Morgan fingerprint density at radius 3 is 1.81 bits per heavy atom. The second-order valence-corrected chi connectivity index (χ2v) is 27.4. The fraction of sp³-hybridized carbons (Fsp3) is 0.455. The van der Waals surface area contributed by atoms with Crippen molar-refractivity contribution in [2.24, 2.45) is 0 Å². The number of phenolic OH excluding ortho intramolecular Hbond substituents is 1. The Balaban J connectivity index is 0.00000114. The molecule has 1 fully saturated rings. The summed E-state index contributed by atoms with van der Waals surface area (Å²) in [4.78, 5) is 1.86. The molecule has 10 heteroatoms. The summed E-state index contributed by atoms with van der Waals surface area (Å²) in [6.45, 7) is 5.87. The van der Waals surface area contributed by atoms with Crippen molar-refractivity contribution < 1.29 is 27.1 Å². The van der Waals surface area contributed by atoms with Gasteiger partial charge in [0.05, 0.1) is 0 Å². The molecule has 32 heavy (non-hydrogen) atoms. The van der Waals surface area contributed by atoms with E-state index in [0.717, 1.165) is 4.90 Å². The molecule has 178 valence electrons. The van der Waals surface area contributed by atoms with Gasteiger partial charge in [0.1, 0.15) is 0 Å². The van der Waals surface area contributed by atoms with E-state index in [0.29, 0.717) is 10.5 Å². The van der Waals surface area contributed by atoms with Crippen molar-refractivity contribution in [1.29, 1.82) is 0 Å². The molecule has 0 saturated carbocycles. The summed E-state index contributed by atoms with van der Waals surface area (Å²) in [6.07, 6.45) is 7.17. The van der Waals surface area contributed by atoms with Crippen LogP contribution in [0.5, 0.6) is 5.75 Å². The molecule has 0 aliphatic carbocycles. The number of halogens is 6. The van der Waals surface area contributed by atoms with Crippen LogP contribution in [0.1, 0.15) is 32.8 Å². The van der Waals surface area contributed by atoms with Crippen molar-refractivity contribution in [3.05, 3.63) is 52.8 Å². The third-order valence-electron chi connectivity index (χ3n) is 5.14. The van der Waals surface area contributed by atoms with Crippen LogP contribution < -0.4 is 4.90 Å². The van der Waals surface area contributed by atoms with E-state index in [1.807, 2.05) is 25.7 Å². The van der Waals surface area contributed by atoms with Crippen LogP contribution in [0.4, 0.5) is 27.6 Å². The first-order valence-corrected chi connectivity index (χ1v) is 23.8. The van der Waals surface area contributed by atoms with Gasteiger partial charge < -0.3 is 0 Å². The topological polar surface area (TPSA) is 23.5 Å². The number of benzene rings is 2. The average Bonchev–Trinajstić information content (AvgIpc) is 3.30. The van der Waals surface area contributed by atoms with Crippen LogP contribution in [-0.2, 0) is 6.54 Å². The van der Waals surface area contributed by atoms with Gasteiger partial charge in [-0.25, -0.2) is 0 Å². The summed E-state index contributed by atoms with van der Waals surface area (Å²) in [5, 5.41) is 10.7. The third-order valence-corrected chi connectivity index (χ3v) is 22.3. The summed E-state index contributed by atoms with van der Waals surface area (Å²) in [6, 6.07) is 5.05. The number of hydrogen-bond donors (Lipinski definition) is 1. The maximum absolute atomic E-state index is 14.5. The van der Waals surface area contributed by atoms with E-state index in [-0.39, 0.29) is 15.8 Å². The van der Waals surface area contributed by atoms with E-state index in [2.05, 4.69) is 13.8 Å². The Bertz CT molecular complexity index is 951. The van der Waals surface area contributed by atoms with Crippen LogP contribution >= 0.6 is 18.3 Å². The fourth-order valence-electron chi connectivity index (χ4n) is 3.40. The molecule has 2 atom stereocenters. The normalized spacial score (nSPS) is 18.2. The summed E-state index contributed by atoms with van der Waals surface area (Å²) < 4.78 is 69.8. The minimum atomic E-state index is -2.83. The van der Waals surface area contributed by atoms with Gasteiger partial charge in [-0.05, 0) is 0 Å². The zero-order valence-electron chi connectivity index (χ0n) is 18.9. The first kappa shape index (κ1) is 27.5. The van der Waals surface area contributed by atoms with Crippen molar-refractivity contribution in [3.63, 3.8) is 0 Å². The van der Waals surface area contributed by atoms with Crippen LogP contribution in [-0.4, -0.2) is 49.0 Å². The van der Waals surface area contributed by atoms with Gasteiger partial charge in [-0.3, -0.25) is 0 Å². The van der Waals surface area contributed by atoms with Crippen molar-refractivity contribution in [2.45, 2.75) is 45.7 Å². The second-order valence-electron chi connectivity index (χ2n) is 8.65. The van der Waals surface area contributed by atoms with E-state index in [4.69, 9.17) is 8.32 Å². The molecule has 0 bridgehead atoms. The molecular weight excluding hydrogens is 661 g/mol. The van der Waals surface area contributed by atoms with Crippen LogP contribution in [0.3, 0.4) is 0 Å². The predicted molar refractivity (Wildman–Crippen MR) is 125 cm³/mol. The molecule has 2 nitrogen and oxygen atoms in total. The zero-order chi connectivity index (χ0) is 24.5. The molecule has 1 aliphatic rings. The van der Waals surface area contributed by atoms with E-state index in [1.54, 1.807) is 18.2 Å². The van der Waals surface area contributed by atoms with Gasteiger partial charge in [-0.1, -0.05) is 20.3 Å². The van der Waals surface area contributed by atoms with Crippen molar-refractivity contribution in [2.75, 3.05) is 23.7 Å². The van der Waals surface area contributed by atoms with Crippen LogP contribution in [0.25, 0.3) is 0 Å². The van der Waals surface area contributed by atoms with Gasteiger partial charge in [-0.2, -0.15) is 0 Å². The number of anilines is 1. The molecule has 1 saturated heterocycles. The fourth-order valence-corrected chi connectivity index (χ4v) is 23.2. The van der Waals surface area contributed by atoms with E-state index in [1.165, 1.54) is 6.42 Å². The van der Waals surface area contributed by atoms with Gasteiger partial charge in [0.15, 0.2) is 0 Å². The Hall–Kier alpha value is -0.748. The van der Waals surface area contributed by atoms with Gasteiger partial charge in [0, 0.05) is 0 Å². The number of rotatable bonds is 5. The standard InChI is InChI=1S/C19H20F5NOS.C3H8.ClH.Tl/c1-5-9-25(18-16(23)14(21)13(20)15(22)17(18)24)10-11-7-6-8-12(19(11)26)27(2,3)4;1-3-2;;/h5-9,26H,10H2,1-4H3;3H2,1-2H3;1H;/q;;;+1/p-1. The van der Waals surface area contributed by atoms with E-state index >= 15 is 0 Å². The molecule has 3 rings (SSSR count). The van der Waals surface area contributed by atoms with Crippen LogP contribution in [0, 0.1) is 29.1 Å². The third kappa shape index (κ3) is 5.48. The first-order valence-electron chi connectivity index (χ1n) is 10.2. The maximum atomic E-state index is 14.5. The Kier molecular flexibility index (Phi) is 9.17. The molecule has 1 aliphatic heterocycles. The molecule has 2 aromatic carbocycles.